The van der Waals surface area contributed by atoms with Gasteiger partial charge < -0.3 is 10.4 Å². The molecule has 1 saturated heterocycles. The second kappa shape index (κ2) is 2.99. The third kappa shape index (κ3) is 1.51. The van der Waals surface area contributed by atoms with Crippen LogP contribution in [0, 0.1) is 5.92 Å². The number of rotatable bonds is 0. The van der Waals surface area contributed by atoms with Gasteiger partial charge in [0, 0.05) is 6.04 Å². The molecule has 13 heavy (non-hydrogen) atoms. The molecule has 5 heteroatoms. The zero-order chi connectivity index (χ0) is 9.42. The molecule has 0 aromatic rings. The first-order chi connectivity index (χ1) is 6.16. The third-order valence-corrected chi connectivity index (χ3v) is 2.71. The van der Waals surface area contributed by atoms with E-state index in [1.54, 1.807) is 0 Å². The Morgan fingerprint density at radius 3 is 2.85 bits per heavy atom. The van der Waals surface area contributed by atoms with Crippen LogP contribution in [0.1, 0.15) is 19.3 Å². The predicted octanol–water partition coefficient (Wildman–Crippen LogP) is -0.645. The number of aliphatic hydroxyl groups is 1. The molecule has 1 aliphatic heterocycles. The quantitative estimate of drug-likeness (QED) is 0.468. The average molecular weight is 184 g/mol. The molecule has 3 N–H and O–H groups in total. The van der Waals surface area contributed by atoms with Gasteiger partial charge in [-0.05, 0) is 19.3 Å². The lowest BCUT2D eigenvalue weighted by atomic mass is 9.81. The summed E-state index contributed by atoms with van der Waals surface area (Å²) in [5.41, 5.74) is 0. The van der Waals surface area contributed by atoms with E-state index in [4.69, 9.17) is 0 Å². The Balaban J connectivity index is 2.10. The van der Waals surface area contributed by atoms with Crippen molar-refractivity contribution in [2.75, 3.05) is 0 Å². The van der Waals surface area contributed by atoms with E-state index in [2.05, 4.69) is 10.6 Å². The van der Waals surface area contributed by atoms with Gasteiger partial charge in [-0.25, -0.2) is 4.79 Å². The monoisotopic (exact) mass is 184 g/mol. The van der Waals surface area contributed by atoms with E-state index in [1.807, 2.05) is 0 Å². The highest BCUT2D eigenvalue weighted by Gasteiger charge is 2.39. The van der Waals surface area contributed by atoms with Crippen molar-refractivity contribution >= 4 is 11.9 Å². The molecule has 0 aromatic carbocycles. The average Bonchev–Trinajstić information content (AvgIpc) is 2.02. The Morgan fingerprint density at radius 1 is 1.31 bits per heavy atom. The molecule has 0 spiro atoms. The van der Waals surface area contributed by atoms with Crippen LogP contribution >= 0.6 is 0 Å². The van der Waals surface area contributed by atoms with E-state index in [9.17, 15) is 14.7 Å². The summed E-state index contributed by atoms with van der Waals surface area (Å²) in [6, 6.07) is -0.620. The summed E-state index contributed by atoms with van der Waals surface area (Å²) >= 11 is 0. The van der Waals surface area contributed by atoms with Crippen molar-refractivity contribution in [1.82, 2.24) is 10.6 Å². The van der Waals surface area contributed by atoms with Gasteiger partial charge in [0.1, 0.15) is 0 Å². The first kappa shape index (κ1) is 8.50. The van der Waals surface area contributed by atoms with Crippen molar-refractivity contribution in [3.63, 3.8) is 0 Å². The fraction of sp³-hybridized carbons (Fsp3) is 0.750. The maximum absolute atomic E-state index is 11.3. The van der Waals surface area contributed by atoms with Crippen molar-refractivity contribution in [2.24, 2.45) is 5.92 Å². The molecule has 0 bridgehead atoms. The van der Waals surface area contributed by atoms with Gasteiger partial charge in [0.15, 0.2) is 0 Å². The number of carbonyl (C=O) groups excluding carboxylic acids is 2. The minimum atomic E-state index is -0.444. The summed E-state index contributed by atoms with van der Waals surface area (Å²) in [7, 11) is 0. The molecular formula is C8H12N2O3. The topological polar surface area (TPSA) is 78.4 Å². The molecule has 72 valence electrons. The Labute approximate surface area is 75.5 Å². The van der Waals surface area contributed by atoms with Gasteiger partial charge in [-0.3, -0.25) is 10.1 Å². The third-order valence-electron chi connectivity index (χ3n) is 2.71. The fourth-order valence-corrected chi connectivity index (χ4v) is 2.03. The van der Waals surface area contributed by atoms with E-state index < -0.39 is 6.03 Å². The number of carbonyl (C=O) groups is 2. The summed E-state index contributed by atoms with van der Waals surface area (Å²) < 4.78 is 0. The lowest BCUT2D eigenvalue weighted by Gasteiger charge is -2.36. The van der Waals surface area contributed by atoms with Crippen LogP contribution in [0.4, 0.5) is 4.79 Å². The SMILES string of the molecule is O=C1NC(=O)C2CCC(O)CC2N1. The first-order valence-electron chi connectivity index (χ1n) is 4.46. The number of urea groups is 1. The molecule has 3 unspecified atom stereocenters. The van der Waals surface area contributed by atoms with E-state index in [1.165, 1.54) is 0 Å². The second-order valence-corrected chi connectivity index (χ2v) is 3.64. The zero-order valence-corrected chi connectivity index (χ0v) is 7.12. The largest absolute Gasteiger partial charge is 0.393 e. The second-order valence-electron chi connectivity index (χ2n) is 3.64. The number of amides is 3. The molecule has 3 atom stereocenters. The molecule has 2 fully saturated rings. The molecule has 1 heterocycles. The first-order valence-corrected chi connectivity index (χ1v) is 4.46. The van der Waals surface area contributed by atoms with Crippen LogP contribution in [0.25, 0.3) is 0 Å². The molecule has 3 amide bonds. The van der Waals surface area contributed by atoms with E-state index in [0.29, 0.717) is 19.3 Å². The maximum Gasteiger partial charge on any atom is 0.321 e. The van der Waals surface area contributed by atoms with Gasteiger partial charge in [-0.15, -0.1) is 0 Å². The summed E-state index contributed by atoms with van der Waals surface area (Å²) in [6.45, 7) is 0. The Morgan fingerprint density at radius 2 is 2.08 bits per heavy atom. The highest BCUT2D eigenvalue weighted by atomic mass is 16.3. The molecular weight excluding hydrogens is 172 g/mol. The lowest BCUT2D eigenvalue weighted by Crippen LogP contribution is -2.60. The molecule has 5 nitrogen and oxygen atoms in total. The zero-order valence-electron chi connectivity index (χ0n) is 7.12. The van der Waals surface area contributed by atoms with Crippen LogP contribution in [-0.2, 0) is 4.79 Å². The van der Waals surface area contributed by atoms with Gasteiger partial charge in [0.25, 0.3) is 0 Å². The minimum absolute atomic E-state index is 0.152. The van der Waals surface area contributed by atoms with Crippen molar-refractivity contribution in [3.8, 4) is 0 Å². The van der Waals surface area contributed by atoms with Crippen LogP contribution < -0.4 is 10.6 Å². The lowest BCUT2D eigenvalue weighted by molar-refractivity contribution is -0.127. The molecule has 1 aliphatic carbocycles. The molecule has 0 radical (unpaired) electrons. The number of fused-ring (bicyclic) bond motifs is 1. The Bertz CT molecular complexity index is 254. The molecule has 0 aromatic heterocycles. The summed E-state index contributed by atoms with van der Waals surface area (Å²) in [4.78, 5) is 22.2. The van der Waals surface area contributed by atoms with Crippen molar-refractivity contribution < 1.29 is 14.7 Å². The highest BCUT2D eigenvalue weighted by molar-refractivity contribution is 5.98. The normalized spacial score (nSPS) is 39.0. The number of hydrogen-bond acceptors (Lipinski definition) is 3. The number of nitrogens with one attached hydrogen (secondary N) is 2. The van der Waals surface area contributed by atoms with Gasteiger partial charge in [0.2, 0.25) is 5.91 Å². The van der Waals surface area contributed by atoms with Crippen molar-refractivity contribution in [1.29, 1.82) is 0 Å². The predicted molar refractivity (Wildman–Crippen MR) is 43.8 cm³/mol. The van der Waals surface area contributed by atoms with Gasteiger partial charge in [0.05, 0.1) is 12.0 Å². The van der Waals surface area contributed by atoms with Crippen LogP contribution in [0.15, 0.2) is 0 Å². The fourth-order valence-electron chi connectivity index (χ4n) is 2.03. The van der Waals surface area contributed by atoms with Gasteiger partial charge in [-0.1, -0.05) is 0 Å². The van der Waals surface area contributed by atoms with Crippen molar-refractivity contribution in [3.05, 3.63) is 0 Å². The number of imide groups is 1. The summed E-state index contributed by atoms with van der Waals surface area (Å²) in [5, 5.41) is 14.2. The van der Waals surface area contributed by atoms with Crippen LogP contribution in [0.5, 0.6) is 0 Å². The van der Waals surface area contributed by atoms with Crippen LogP contribution in [0.3, 0.4) is 0 Å². The maximum atomic E-state index is 11.3. The van der Waals surface area contributed by atoms with Crippen LogP contribution in [0.2, 0.25) is 0 Å². The van der Waals surface area contributed by atoms with Gasteiger partial charge >= 0.3 is 6.03 Å². The molecule has 1 saturated carbocycles. The Kier molecular flexibility index (Phi) is 1.95. The van der Waals surface area contributed by atoms with E-state index in [-0.39, 0.29) is 24.0 Å². The number of aliphatic hydroxyl groups excluding tert-OH is 1. The Hall–Kier alpha value is -1.10. The highest BCUT2D eigenvalue weighted by Crippen LogP contribution is 2.26. The summed E-state index contributed by atoms with van der Waals surface area (Å²) in [6.07, 6.45) is 1.40. The van der Waals surface area contributed by atoms with E-state index >= 15 is 0 Å². The molecule has 2 rings (SSSR count). The minimum Gasteiger partial charge on any atom is -0.393 e. The van der Waals surface area contributed by atoms with Crippen molar-refractivity contribution in [2.45, 2.75) is 31.4 Å². The molecule has 2 aliphatic rings. The number of hydrogen-bond donors (Lipinski definition) is 3. The van der Waals surface area contributed by atoms with Crippen LogP contribution in [-0.4, -0.2) is 29.2 Å². The summed E-state index contributed by atoms with van der Waals surface area (Å²) in [5.74, 6) is -0.359. The van der Waals surface area contributed by atoms with E-state index in [0.717, 1.165) is 0 Å². The van der Waals surface area contributed by atoms with Gasteiger partial charge in [-0.2, -0.15) is 0 Å². The smallest absolute Gasteiger partial charge is 0.321 e. The standard InChI is InChI=1S/C8H12N2O3/c11-4-1-2-5-6(3-4)9-8(13)10-7(5)12/h4-6,11H,1-3H2,(H2,9,10,12,13).